The predicted octanol–water partition coefficient (Wildman–Crippen LogP) is 21.2. The van der Waals surface area contributed by atoms with Gasteiger partial charge in [0.15, 0.2) is 11.2 Å². The van der Waals surface area contributed by atoms with Crippen molar-refractivity contribution in [2.75, 3.05) is 9.80 Å². The molecule has 0 amide bonds. The van der Waals surface area contributed by atoms with Gasteiger partial charge in [-0.1, -0.05) is 170 Å². The van der Waals surface area contributed by atoms with Gasteiger partial charge in [0.2, 0.25) is 11.8 Å². The van der Waals surface area contributed by atoms with Gasteiger partial charge in [-0.15, -0.1) is 0 Å². The van der Waals surface area contributed by atoms with E-state index in [9.17, 15) is 0 Å². The largest absolute Gasteiger partial charge is 0.436 e. The van der Waals surface area contributed by atoms with Crippen molar-refractivity contribution in [1.29, 1.82) is 0 Å². The van der Waals surface area contributed by atoms with Gasteiger partial charge in [-0.05, 0) is 177 Å². The van der Waals surface area contributed by atoms with E-state index in [0.717, 1.165) is 123 Å². The average Bonchev–Trinajstić information content (AvgIpc) is 1.77. The van der Waals surface area contributed by atoms with E-state index in [1.54, 1.807) is 0 Å². The van der Waals surface area contributed by atoms with Gasteiger partial charge in [0.05, 0.1) is 22.4 Å². The van der Waals surface area contributed by atoms with Gasteiger partial charge in [-0.25, -0.2) is 19.9 Å². The summed E-state index contributed by atoms with van der Waals surface area (Å²) >= 11 is 0. The lowest BCUT2D eigenvalue weighted by molar-refractivity contribution is 0.619. The van der Waals surface area contributed by atoms with E-state index in [1.807, 2.05) is 60.7 Å². The van der Waals surface area contributed by atoms with Crippen LogP contribution in [-0.4, -0.2) is 19.9 Å². The Hall–Kier alpha value is -11.7. The molecular weight excluding hydrogens is 1050 g/mol. The first-order valence-electron chi connectivity index (χ1n) is 28.8. The summed E-state index contributed by atoms with van der Waals surface area (Å²) in [6, 6.07) is 106. The van der Waals surface area contributed by atoms with E-state index in [0.29, 0.717) is 11.8 Å². The fourth-order valence-corrected chi connectivity index (χ4v) is 12.0. The van der Waals surface area contributed by atoms with E-state index in [4.69, 9.17) is 28.8 Å². The van der Waals surface area contributed by atoms with Crippen molar-refractivity contribution in [3.8, 4) is 67.7 Å². The van der Waals surface area contributed by atoms with Crippen LogP contribution in [0, 0.1) is 0 Å². The van der Waals surface area contributed by atoms with Gasteiger partial charge in [0.1, 0.15) is 11.0 Å². The quantitative estimate of drug-likeness (QED) is 0.120. The number of hydrogen-bond donors (Lipinski definition) is 0. The number of hydrogen-bond acceptors (Lipinski definition) is 8. The molecule has 0 aliphatic carbocycles. The van der Waals surface area contributed by atoms with Crippen molar-refractivity contribution in [2.45, 2.75) is 0 Å². The Kier molecular flexibility index (Phi) is 12.3. The molecule has 0 spiro atoms. The number of para-hydroxylation sites is 6. The molecule has 3 heterocycles. The fourth-order valence-electron chi connectivity index (χ4n) is 12.0. The highest BCUT2D eigenvalue weighted by molar-refractivity contribution is 6.08. The van der Waals surface area contributed by atoms with Crippen LogP contribution in [0.15, 0.2) is 312 Å². The number of rotatable bonds is 12. The van der Waals surface area contributed by atoms with Crippen molar-refractivity contribution in [1.82, 2.24) is 19.9 Å². The molecule has 404 valence electrons. The first-order valence-corrected chi connectivity index (χ1v) is 28.8. The van der Waals surface area contributed by atoms with Crippen molar-refractivity contribution in [3.63, 3.8) is 0 Å². The lowest BCUT2D eigenvalue weighted by Crippen LogP contribution is -2.10. The Labute approximate surface area is 495 Å². The third-order valence-electron chi connectivity index (χ3n) is 16.1. The minimum Gasteiger partial charge on any atom is -0.436 e. The van der Waals surface area contributed by atoms with E-state index >= 15 is 0 Å². The number of aromatic nitrogens is 4. The standard InChI is InChI=1S/C78H50N6O2/c1-3-21-57(22-4-1)83(61-45-37-55(38-46-61)77-81-69-29-11-13-31-73(69)85-77)59-41-33-53(34-42-59)75-76(54-35-43-60(44-36-54)84(58-23-5-2-6-24-58)62-47-39-56(40-48-62)78-82-70-30-12-14-32-74(70)86-78)80-72-50-68(66-28-16-20-52-18-8-10-26-64(52)66)67(49-71(72)79-75)65-27-15-19-51-17-7-9-25-63(51)65/h1-50H. The van der Waals surface area contributed by atoms with Crippen LogP contribution < -0.4 is 9.80 Å². The summed E-state index contributed by atoms with van der Waals surface area (Å²) in [4.78, 5) is 25.5. The SMILES string of the molecule is c1ccc(N(c2ccc(-c3nc4ccccc4o3)cc2)c2ccc(-c3nc4cc(-c5cccc6ccccc56)c(-c5cccc6ccccc56)cc4nc3-c3ccc(N(c4ccccc4)c4ccc(-c5nc6ccccc6o5)cc4)cc3)cc2)cc1. The number of benzene rings is 13. The second kappa shape index (κ2) is 21.2. The zero-order valence-corrected chi connectivity index (χ0v) is 46.4. The molecule has 0 saturated carbocycles. The smallest absolute Gasteiger partial charge is 0.227 e. The molecular formula is C78H50N6O2. The summed E-state index contributed by atoms with van der Waals surface area (Å²) in [5, 5.41) is 4.69. The van der Waals surface area contributed by atoms with Crippen molar-refractivity contribution in [3.05, 3.63) is 303 Å². The van der Waals surface area contributed by atoms with E-state index in [2.05, 4.69) is 252 Å². The minimum absolute atomic E-state index is 0.584. The van der Waals surface area contributed by atoms with Gasteiger partial charge in [-0.2, -0.15) is 0 Å². The Balaban J connectivity index is 0.843. The van der Waals surface area contributed by atoms with Crippen LogP contribution in [-0.2, 0) is 0 Å². The highest BCUT2D eigenvalue weighted by Crippen LogP contribution is 2.45. The Morgan fingerprint density at radius 2 is 0.558 bits per heavy atom. The summed E-state index contributed by atoms with van der Waals surface area (Å²) in [7, 11) is 0. The highest BCUT2D eigenvalue weighted by Gasteiger charge is 2.22. The van der Waals surface area contributed by atoms with Crippen LogP contribution in [0.25, 0.3) is 122 Å². The normalized spacial score (nSPS) is 11.5. The summed E-state index contributed by atoms with van der Waals surface area (Å²) in [5.74, 6) is 1.17. The summed E-state index contributed by atoms with van der Waals surface area (Å²) in [5.41, 5.74) is 20.4. The van der Waals surface area contributed by atoms with Gasteiger partial charge in [-0.3, -0.25) is 0 Å². The molecule has 16 rings (SSSR count). The van der Waals surface area contributed by atoms with E-state index in [1.165, 1.54) is 21.5 Å². The molecule has 0 aliphatic rings. The third kappa shape index (κ3) is 9.15. The second-order valence-corrected chi connectivity index (χ2v) is 21.4. The average molecular weight is 1100 g/mol. The molecule has 0 atom stereocenters. The Morgan fingerprint density at radius 1 is 0.233 bits per heavy atom. The van der Waals surface area contributed by atoms with Crippen LogP contribution in [0.1, 0.15) is 0 Å². The maximum atomic E-state index is 6.17. The zero-order chi connectivity index (χ0) is 56.9. The summed E-state index contributed by atoms with van der Waals surface area (Å²) in [6.45, 7) is 0. The van der Waals surface area contributed by atoms with Crippen molar-refractivity contribution in [2.24, 2.45) is 0 Å². The lowest BCUT2D eigenvalue weighted by Gasteiger charge is -2.26. The molecule has 0 N–H and O–H groups in total. The van der Waals surface area contributed by atoms with Gasteiger partial charge in [0, 0.05) is 56.4 Å². The van der Waals surface area contributed by atoms with Gasteiger partial charge in [0.25, 0.3) is 0 Å². The molecule has 3 aromatic heterocycles. The molecule has 86 heavy (non-hydrogen) atoms. The molecule has 0 unspecified atom stereocenters. The van der Waals surface area contributed by atoms with Crippen LogP contribution in [0.2, 0.25) is 0 Å². The molecule has 8 nitrogen and oxygen atoms in total. The minimum atomic E-state index is 0.584. The lowest BCUT2D eigenvalue weighted by atomic mass is 9.88. The topological polar surface area (TPSA) is 84.3 Å². The molecule has 16 aromatic rings. The number of fused-ring (bicyclic) bond motifs is 5. The summed E-state index contributed by atoms with van der Waals surface area (Å²) < 4.78 is 12.3. The molecule has 13 aromatic carbocycles. The molecule has 0 bridgehead atoms. The highest BCUT2D eigenvalue weighted by atomic mass is 16.4. The summed E-state index contributed by atoms with van der Waals surface area (Å²) in [6.07, 6.45) is 0. The Bertz CT molecular complexity index is 4760. The number of anilines is 6. The maximum absolute atomic E-state index is 6.17. The van der Waals surface area contributed by atoms with Gasteiger partial charge >= 0.3 is 0 Å². The number of oxazole rings is 2. The second-order valence-electron chi connectivity index (χ2n) is 21.4. The molecule has 0 aliphatic heterocycles. The van der Waals surface area contributed by atoms with Crippen molar-refractivity contribution < 1.29 is 8.83 Å². The first kappa shape index (κ1) is 50.0. The molecule has 0 fully saturated rings. The van der Waals surface area contributed by atoms with E-state index in [-0.39, 0.29) is 0 Å². The predicted molar refractivity (Wildman–Crippen MR) is 352 cm³/mol. The van der Waals surface area contributed by atoms with E-state index < -0.39 is 0 Å². The van der Waals surface area contributed by atoms with Crippen LogP contribution in [0.4, 0.5) is 34.1 Å². The third-order valence-corrected chi connectivity index (χ3v) is 16.1. The molecule has 8 heteroatoms. The van der Waals surface area contributed by atoms with Gasteiger partial charge < -0.3 is 18.6 Å². The first-order chi connectivity index (χ1) is 42.6. The monoisotopic (exact) mass is 1100 g/mol. The molecule has 0 saturated heterocycles. The van der Waals surface area contributed by atoms with Crippen LogP contribution >= 0.6 is 0 Å². The van der Waals surface area contributed by atoms with Crippen LogP contribution in [0.5, 0.6) is 0 Å². The number of nitrogens with zero attached hydrogens (tertiary/aromatic N) is 6. The maximum Gasteiger partial charge on any atom is 0.227 e. The van der Waals surface area contributed by atoms with Crippen molar-refractivity contribution >= 4 is 88.9 Å². The molecule has 0 radical (unpaired) electrons. The fraction of sp³-hybridized carbons (Fsp3) is 0. The zero-order valence-electron chi connectivity index (χ0n) is 46.4. The van der Waals surface area contributed by atoms with Crippen LogP contribution in [0.3, 0.4) is 0 Å². The Morgan fingerprint density at radius 3 is 0.953 bits per heavy atom.